The van der Waals surface area contributed by atoms with Crippen LogP contribution in [0.15, 0.2) is 23.2 Å². The van der Waals surface area contributed by atoms with E-state index in [1.165, 1.54) is 11.9 Å². The zero-order valence-corrected chi connectivity index (χ0v) is 14.7. The van der Waals surface area contributed by atoms with Crippen LogP contribution in [0.3, 0.4) is 0 Å². The molecule has 132 valence electrons. The van der Waals surface area contributed by atoms with Gasteiger partial charge in [0.2, 0.25) is 5.96 Å². The van der Waals surface area contributed by atoms with Crippen molar-refractivity contribution in [2.75, 3.05) is 11.9 Å². The molecule has 0 radical (unpaired) electrons. The van der Waals surface area contributed by atoms with E-state index in [2.05, 4.69) is 15.2 Å². The highest BCUT2D eigenvalue weighted by atomic mass is 17.0. The number of rotatable bonds is 3. The standard InChI is InChI=1S/C15H23N5O4/c1-10-7-8-12(11(2)9-10)19(14(21)18-24-20(22)23)13(16-6)17-15(3,4)5/h7-9H,1-6H3,(H,16,17)(H,18,21). The monoisotopic (exact) mass is 337 g/mol. The number of urea groups is 1. The summed E-state index contributed by atoms with van der Waals surface area (Å²) in [5, 5.41) is 12.4. The Morgan fingerprint density at radius 2 is 1.96 bits per heavy atom. The molecule has 0 aliphatic carbocycles. The molecule has 0 aromatic heterocycles. The number of hydrogen-bond donors (Lipinski definition) is 2. The summed E-state index contributed by atoms with van der Waals surface area (Å²) in [5.41, 5.74) is 3.77. The third-order valence-electron chi connectivity index (χ3n) is 2.91. The lowest BCUT2D eigenvalue weighted by atomic mass is 10.1. The quantitative estimate of drug-likeness (QED) is 0.381. The number of benzene rings is 1. The van der Waals surface area contributed by atoms with Gasteiger partial charge in [-0.3, -0.25) is 4.99 Å². The van der Waals surface area contributed by atoms with Gasteiger partial charge in [0, 0.05) is 12.6 Å². The summed E-state index contributed by atoms with van der Waals surface area (Å²) in [7, 11) is 1.52. The highest BCUT2D eigenvalue weighted by Gasteiger charge is 2.26. The molecule has 0 aliphatic rings. The smallest absolute Gasteiger partial charge is 0.351 e. The Morgan fingerprint density at radius 1 is 1.33 bits per heavy atom. The van der Waals surface area contributed by atoms with Crippen molar-refractivity contribution in [2.24, 2.45) is 4.99 Å². The van der Waals surface area contributed by atoms with Crippen molar-refractivity contribution in [1.82, 2.24) is 10.8 Å². The Bertz CT molecular complexity index is 652. The van der Waals surface area contributed by atoms with Crippen LogP contribution >= 0.6 is 0 Å². The van der Waals surface area contributed by atoms with Gasteiger partial charge in [-0.25, -0.2) is 9.69 Å². The SMILES string of the molecule is CN=C(NC(C)(C)C)N(C(=O)NO[N+](=O)[O-])c1ccc(C)cc1C. The summed E-state index contributed by atoms with van der Waals surface area (Å²) in [6.45, 7) is 9.48. The average Bonchev–Trinajstić information content (AvgIpc) is 2.45. The lowest BCUT2D eigenvalue weighted by Gasteiger charge is -2.31. The Labute approximate surface area is 140 Å². The molecule has 9 nitrogen and oxygen atoms in total. The fourth-order valence-corrected chi connectivity index (χ4v) is 2.05. The van der Waals surface area contributed by atoms with Crippen molar-refractivity contribution in [2.45, 2.75) is 40.2 Å². The zero-order chi connectivity index (χ0) is 18.5. The number of carbonyl (C=O) groups excluding carboxylic acids is 1. The van der Waals surface area contributed by atoms with E-state index >= 15 is 0 Å². The minimum Gasteiger partial charge on any atom is -0.351 e. The van der Waals surface area contributed by atoms with Crippen molar-refractivity contribution >= 4 is 17.7 Å². The lowest BCUT2D eigenvalue weighted by molar-refractivity contribution is -0.771. The van der Waals surface area contributed by atoms with E-state index in [1.807, 2.05) is 46.8 Å². The van der Waals surface area contributed by atoms with Crippen molar-refractivity contribution in [3.8, 4) is 0 Å². The maximum atomic E-state index is 12.4. The molecule has 24 heavy (non-hydrogen) atoms. The molecular weight excluding hydrogens is 314 g/mol. The fraction of sp³-hybridized carbons (Fsp3) is 0.467. The van der Waals surface area contributed by atoms with Gasteiger partial charge >= 0.3 is 11.1 Å². The number of nitrogens with one attached hydrogen (secondary N) is 2. The van der Waals surface area contributed by atoms with Crippen LogP contribution in [0.1, 0.15) is 31.9 Å². The van der Waals surface area contributed by atoms with Gasteiger partial charge in [0.15, 0.2) is 0 Å². The number of carbonyl (C=O) groups is 1. The van der Waals surface area contributed by atoms with Gasteiger partial charge in [-0.2, -0.15) is 10.4 Å². The van der Waals surface area contributed by atoms with Crippen molar-refractivity contribution < 1.29 is 14.8 Å². The van der Waals surface area contributed by atoms with Crippen LogP contribution in [-0.2, 0) is 4.94 Å². The number of amides is 2. The van der Waals surface area contributed by atoms with Crippen LogP contribution in [0, 0.1) is 24.0 Å². The lowest BCUT2D eigenvalue weighted by Crippen LogP contribution is -2.54. The molecule has 0 fully saturated rings. The molecule has 0 saturated heterocycles. The second kappa shape index (κ2) is 7.62. The highest BCUT2D eigenvalue weighted by Crippen LogP contribution is 2.22. The topological polar surface area (TPSA) is 109 Å². The molecule has 1 aromatic carbocycles. The second-order valence-electron chi connectivity index (χ2n) is 6.27. The summed E-state index contributed by atoms with van der Waals surface area (Å²) in [6.07, 6.45) is 0. The van der Waals surface area contributed by atoms with Crippen molar-refractivity contribution in [3.05, 3.63) is 39.4 Å². The molecule has 2 N–H and O–H groups in total. The van der Waals surface area contributed by atoms with Crippen molar-refractivity contribution in [1.29, 1.82) is 0 Å². The summed E-state index contributed by atoms with van der Waals surface area (Å²) in [5.74, 6) is 0.235. The first-order valence-corrected chi connectivity index (χ1v) is 7.29. The first kappa shape index (κ1) is 19.2. The van der Waals surface area contributed by atoms with E-state index in [-0.39, 0.29) is 11.5 Å². The van der Waals surface area contributed by atoms with E-state index in [4.69, 9.17) is 0 Å². The summed E-state index contributed by atoms with van der Waals surface area (Å²) >= 11 is 0. The van der Waals surface area contributed by atoms with Gasteiger partial charge in [-0.05, 0) is 46.2 Å². The van der Waals surface area contributed by atoms with Gasteiger partial charge in [-0.15, -0.1) is 10.1 Å². The molecule has 0 heterocycles. The number of hydroxylamine groups is 1. The van der Waals surface area contributed by atoms with E-state index in [9.17, 15) is 14.9 Å². The minimum atomic E-state index is -1.10. The molecule has 0 bridgehead atoms. The second-order valence-corrected chi connectivity index (χ2v) is 6.27. The zero-order valence-electron chi connectivity index (χ0n) is 14.7. The summed E-state index contributed by atoms with van der Waals surface area (Å²) < 4.78 is 0. The molecule has 9 heteroatoms. The largest absolute Gasteiger partial charge is 0.352 e. The molecule has 0 saturated carbocycles. The van der Waals surface area contributed by atoms with Gasteiger partial charge in [0.25, 0.3) is 0 Å². The number of nitrogens with zero attached hydrogens (tertiary/aromatic N) is 3. The molecule has 0 atom stereocenters. The first-order valence-electron chi connectivity index (χ1n) is 7.29. The molecular formula is C15H23N5O4. The van der Waals surface area contributed by atoms with Crippen LogP contribution < -0.4 is 15.7 Å². The van der Waals surface area contributed by atoms with Gasteiger partial charge in [-0.1, -0.05) is 17.7 Å². The van der Waals surface area contributed by atoms with Gasteiger partial charge < -0.3 is 5.32 Å². The Hall–Kier alpha value is -2.84. The van der Waals surface area contributed by atoms with Crippen LogP contribution in [-0.4, -0.2) is 29.7 Å². The van der Waals surface area contributed by atoms with Gasteiger partial charge in [0.1, 0.15) is 0 Å². The number of aliphatic imine (C=N–C) groups is 1. The number of aryl methyl sites for hydroxylation is 2. The first-order chi connectivity index (χ1) is 11.0. The molecule has 2 amide bonds. The number of hydrogen-bond acceptors (Lipinski definition) is 5. The predicted octanol–water partition coefficient (Wildman–Crippen LogP) is 2.32. The number of anilines is 1. The minimum absolute atomic E-state index is 0.235. The Balaban J connectivity index is 3.29. The fourth-order valence-electron chi connectivity index (χ4n) is 2.05. The third kappa shape index (κ3) is 5.41. The molecule has 0 aliphatic heterocycles. The maximum Gasteiger partial charge on any atom is 0.352 e. The van der Waals surface area contributed by atoms with E-state index in [0.29, 0.717) is 5.69 Å². The third-order valence-corrected chi connectivity index (χ3v) is 2.91. The van der Waals surface area contributed by atoms with Crippen LogP contribution in [0.4, 0.5) is 10.5 Å². The average molecular weight is 337 g/mol. The summed E-state index contributed by atoms with van der Waals surface area (Å²) in [6, 6.07) is 4.64. The highest BCUT2D eigenvalue weighted by molar-refractivity contribution is 6.15. The molecule has 0 spiro atoms. The maximum absolute atomic E-state index is 12.4. The number of guanidine groups is 1. The predicted molar refractivity (Wildman–Crippen MR) is 91.3 cm³/mol. The molecule has 1 aromatic rings. The van der Waals surface area contributed by atoms with E-state index < -0.39 is 11.1 Å². The molecule has 1 rings (SSSR count). The summed E-state index contributed by atoms with van der Waals surface area (Å²) in [4.78, 5) is 32.1. The molecule has 0 unspecified atom stereocenters. The van der Waals surface area contributed by atoms with Crippen LogP contribution in [0.5, 0.6) is 0 Å². The van der Waals surface area contributed by atoms with Crippen LogP contribution in [0.2, 0.25) is 0 Å². The van der Waals surface area contributed by atoms with Crippen LogP contribution in [0.25, 0.3) is 0 Å². The Morgan fingerprint density at radius 3 is 2.42 bits per heavy atom. The van der Waals surface area contributed by atoms with E-state index in [0.717, 1.165) is 11.1 Å². The van der Waals surface area contributed by atoms with Crippen molar-refractivity contribution in [3.63, 3.8) is 0 Å². The van der Waals surface area contributed by atoms with E-state index in [1.54, 1.807) is 11.5 Å². The normalized spacial score (nSPS) is 11.7. The Kier molecular flexibility index (Phi) is 6.10. The van der Waals surface area contributed by atoms with Gasteiger partial charge in [0.05, 0.1) is 5.69 Å².